The van der Waals surface area contributed by atoms with Crippen LogP contribution < -0.4 is 10.2 Å². The van der Waals surface area contributed by atoms with Crippen LogP contribution in [0.2, 0.25) is 0 Å². The fourth-order valence-electron chi connectivity index (χ4n) is 5.05. The number of rotatable bonds is 6. The SMILES string of the molecule is C#C[C@@H]1CN(C(=O)[C@H](CC(C)C)NC(=O)c2ccc(N3CCN(C)CC3)cc2)C2C(=O)COC21. The van der Waals surface area contributed by atoms with E-state index in [0.29, 0.717) is 12.0 Å². The van der Waals surface area contributed by atoms with Crippen molar-refractivity contribution in [1.82, 2.24) is 15.1 Å². The molecule has 0 aromatic heterocycles. The molecule has 8 heteroatoms. The molecule has 0 radical (unpaired) electrons. The Hall–Kier alpha value is -2.89. The third-order valence-corrected chi connectivity index (χ3v) is 6.99. The van der Waals surface area contributed by atoms with E-state index in [1.807, 2.05) is 26.0 Å². The summed E-state index contributed by atoms with van der Waals surface area (Å²) in [5.74, 6) is 1.79. The van der Waals surface area contributed by atoms with Crippen molar-refractivity contribution in [3.8, 4) is 12.3 Å². The number of fused-ring (bicyclic) bond motifs is 1. The monoisotopic (exact) mass is 466 g/mol. The van der Waals surface area contributed by atoms with Crippen molar-refractivity contribution >= 4 is 23.3 Å². The fourth-order valence-corrected chi connectivity index (χ4v) is 5.05. The molecule has 0 saturated carbocycles. The molecule has 1 aromatic rings. The van der Waals surface area contributed by atoms with Crippen molar-refractivity contribution in [2.24, 2.45) is 11.8 Å². The first-order chi connectivity index (χ1) is 16.3. The number of Topliss-reactive ketones (excluding diaryl/α,β-unsaturated/α-hetero) is 1. The predicted octanol–water partition coefficient (Wildman–Crippen LogP) is 1.01. The van der Waals surface area contributed by atoms with E-state index in [1.54, 1.807) is 12.1 Å². The van der Waals surface area contributed by atoms with Gasteiger partial charge in [-0.05, 0) is 43.7 Å². The number of anilines is 1. The van der Waals surface area contributed by atoms with Gasteiger partial charge in [0.1, 0.15) is 24.8 Å². The summed E-state index contributed by atoms with van der Waals surface area (Å²) in [7, 11) is 2.12. The molecule has 3 saturated heterocycles. The average molecular weight is 467 g/mol. The summed E-state index contributed by atoms with van der Waals surface area (Å²) in [6.07, 6.45) is 5.64. The highest BCUT2D eigenvalue weighted by molar-refractivity contribution is 5.99. The number of ketones is 1. The molecule has 3 heterocycles. The molecule has 8 nitrogen and oxygen atoms in total. The smallest absolute Gasteiger partial charge is 0.251 e. The summed E-state index contributed by atoms with van der Waals surface area (Å²) in [5.41, 5.74) is 1.59. The lowest BCUT2D eigenvalue weighted by atomic mass is 10.0. The summed E-state index contributed by atoms with van der Waals surface area (Å²) in [6, 6.07) is 6.11. The Balaban J connectivity index is 1.46. The summed E-state index contributed by atoms with van der Waals surface area (Å²) in [4.78, 5) is 45.1. The van der Waals surface area contributed by atoms with E-state index in [-0.39, 0.29) is 42.6 Å². The quantitative estimate of drug-likeness (QED) is 0.631. The molecule has 3 aliphatic heterocycles. The van der Waals surface area contributed by atoms with Gasteiger partial charge in [-0.2, -0.15) is 0 Å². The summed E-state index contributed by atoms with van der Waals surface area (Å²) < 4.78 is 5.57. The Kier molecular flexibility index (Phi) is 7.24. The van der Waals surface area contributed by atoms with Crippen molar-refractivity contribution in [2.45, 2.75) is 38.5 Å². The molecule has 1 N–H and O–H groups in total. The summed E-state index contributed by atoms with van der Waals surface area (Å²) in [5, 5.41) is 2.92. The lowest BCUT2D eigenvalue weighted by Crippen LogP contribution is -2.52. The maximum Gasteiger partial charge on any atom is 0.251 e. The standard InChI is InChI=1S/C26H34N4O4/c1-5-18-15-30(23-22(31)16-34-24(18)23)26(33)21(14-17(2)3)27-25(32)19-6-8-20(9-7-19)29-12-10-28(4)11-13-29/h1,6-9,17-18,21,23-24H,10-16H2,2-4H3,(H,27,32)/t18-,21+,23?,24?/m1/s1. The minimum Gasteiger partial charge on any atom is -0.369 e. The Morgan fingerprint density at radius 3 is 2.47 bits per heavy atom. The molecule has 3 aliphatic rings. The van der Waals surface area contributed by atoms with Gasteiger partial charge in [0.05, 0.1) is 5.92 Å². The molecule has 34 heavy (non-hydrogen) atoms. The number of nitrogens with zero attached hydrogens (tertiary/aromatic N) is 3. The van der Waals surface area contributed by atoms with Gasteiger partial charge in [0.15, 0.2) is 5.78 Å². The predicted molar refractivity (Wildman–Crippen MR) is 129 cm³/mol. The molecule has 0 bridgehead atoms. The van der Waals surface area contributed by atoms with Gasteiger partial charge in [-0.3, -0.25) is 14.4 Å². The van der Waals surface area contributed by atoms with Crippen molar-refractivity contribution in [3.63, 3.8) is 0 Å². The zero-order valence-corrected chi connectivity index (χ0v) is 20.2. The molecular formula is C26H34N4O4. The normalized spacial score (nSPS) is 25.9. The molecular weight excluding hydrogens is 432 g/mol. The molecule has 4 rings (SSSR count). The Bertz CT molecular complexity index is 962. The minimum absolute atomic E-state index is 0.0296. The van der Waals surface area contributed by atoms with Crippen LogP contribution in [0, 0.1) is 24.2 Å². The zero-order chi connectivity index (χ0) is 24.4. The van der Waals surface area contributed by atoms with Crippen molar-refractivity contribution in [1.29, 1.82) is 0 Å². The Labute approximate surface area is 201 Å². The molecule has 1 aromatic carbocycles. The zero-order valence-electron chi connectivity index (χ0n) is 20.2. The number of hydrogen-bond donors (Lipinski definition) is 1. The molecule has 2 unspecified atom stereocenters. The first kappa shape index (κ1) is 24.2. The number of hydrogen-bond acceptors (Lipinski definition) is 6. The van der Waals surface area contributed by atoms with E-state index >= 15 is 0 Å². The van der Waals surface area contributed by atoms with Crippen molar-refractivity contribution in [2.75, 3.05) is 51.3 Å². The number of likely N-dealkylation sites (tertiary alicyclic amines) is 1. The highest BCUT2D eigenvalue weighted by atomic mass is 16.5. The van der Waals surface area contributed by atoms with Gasteiger partial charge in [-0.25, -0.2) is 0 Å². The van der Waals surface area contributed by atoms with Gasteiger partial charge >= 0.3 is 0 Å². The van der Waals surface area contributed by atoms with E-state index < -0.39 is 18.2 Å². The number of nitrogens with one attached hydrogen (secondary N) is 1. The summed E-state index contributed by atoms with van der Waals surface area (Å²) in [6.45, 7) is 8.15. The van der Waals surface area contributed by atoms with Gasteiger partial charge in [0.25, 0.3) is 5.91 Å². The van der Waals surface area contributed by atoms with E-state index in [0.717, 1.165) is 31.9 Å². The number of terminal acetylenes is 1. The van der Waals surface area contributed by atoms with Gasteiger partial charge in [-0.15, -0.1) is 6.42 Å². The second kappa shape index (κ2) is 10.2. The Morgan fingerprint density at radius 2 is 1.85 bits per heavy atom. The van der Waals surface area contributed by atoms with Gasteiger partial charge in [0, 0.05) is 44.0 Å². The van der Waals surface area contributed by atoms with Gasteiger partial charge in [0.2, 0.25) is 5.91 Å². The minimum atomic E-state index is -0.740. The number of ether oxygens (including phenoxy) is 1. The number of likely N-dealkylation sites (N-methyl/N-ethyl adjacent to an activating group) is 1. The van der Waals surface area contributed by atoms with Crippen LogP contribution >= 0.6 is 0 Å². The van der Waals surface area contributed by atoms with Crippen LogP contribution in [-0.4, -0.2) is 92.0 Å². The van der Waals surface area contributed by atoms with E-state index in [9.17, 15) is 14.4 Å². The highest BCUT2D eigenvalue weighted by Crippen LogP contribution is 2.32. The lowest BCUT2D eigenvalue weighted by Gasteiger charge is -2.34. The number of carbonyl (C=O) groups excluding carboxylic acids is 3. The third-order valence-electron chi connectivity index (χ3n) is 6.99. The average Bonchev–Trinajstić information content (AvgIpc) is 3.39. The van der Waals surface area contributed by atoms with Crippen LogP contribution in [0.15, 0.2) is 24.3 Å². The van der Waals surface area contributed by atoms with E-state index in [2.05, 4.69) is 28.1 Å². The van der Waals surface area contributed by atoms with Crippen molar-refractivity contribution in [3.05, 3.63) is 29.8 Å². The van der Waals surface area contributed by atoms with Crippen LogP contribution in [0.5, 0.6) is 0 Å². The number of piperazine rings is 1. The van der Waals surface area contributed by atoms with Gasteiger partial charge < -0.3 is 24.8 Å². The molecule has 3 fully saturated rings. The van der Waals surface area contributed by atoms with Crippen LogP contribution in [0.4, 0.5) is 5.69 Å². The molecule has 0 spiro atoms. The van der Waals surface area contributed by atoms with Crippen LogP contribution in [-0.2, 0) is 14.3 Å². The first-order valence-corrected chi connectivity index (χ1v) is 12.0. The highest BCUT2D eigenvalue weighted by Gasteiger charge is 2.52. The first-order valence-electron chi connectivity index (χ1n) is 12.0. The van der Waals surface area contributed by atoms with Gasteiger partial charge in [-0.1, -0.05) is 19.8 Å². The number of benzene rings is 1. The number of amides is 2. The maximum absolute atomic E-state index is 13.5. The Morgan fingerprint density at radius 1 is 1.18 bits per heavy atom. The molecule has 2 amide bonds. The summed E-state index contributed by atoms with van der Waals surface area (Å²) >= 11 is 0. The van der Waals surface area contributed by atoms with E-state index in [4.69, 9.17) is 11.2 Å². The van der Waals surface area contributed by atoms with Crippen LogP contribution in [0.1, 0.15) is 30.6 Å². The lowest BCUT2D eigenvalue weighted by molar-refractivity contribution is -0.138. The third kappa shape index (κ3) is 4.96. The van der Waals surface area contributed by atoms with Crippen molar-refractivity contribution < 1.29 is 19.1 Å². The largest absolute Gasteiger partial charge is 0.369 e. The molecule has 182 valence electrons. The van der Waals surface area contributed by atoms with Crippen LogP contribution in [0.3, 0.4) is 0 Å². The molecule has 0 aliphatic carbocycles. The second-order valence-corrected chi connectivity index (χ2v) is 9.94. The second-order valence-electron chi connectivity index (χ2n) is 9.94. The fraction of sp³-hybridized carbons (Fsp3) is 0.577. The molecule has 4 atom stereocenters. The van der Waals surface area contributed by atoms with E-state index in [1.165, 1.54) is 4.90 Å². The topological polar surface area (TPSA) is 82.2 Å². The maximum atomic E-state index is 13.5. The van der Waals surface area contributed by atoms with Crippen LogP contribution in [0.25, 0.3) is 0 Å². The number of carbonyl (C=O) groups is 3.